The van der Waals surface area contributed by atoms with Crippen LogP contribution in [0.15, 0.2) is 12.1 Å². The van der Waals surface area contributed by atoms with E-state index in [2.05, 4.69) is 0 Å². The highest BCUT2D eigenvalue weighted by atomic mass is 16.5. The van der Waals surface area contributed by atoms with E-state index in [1.54, 1.807) is 12.1 Å². The third-order valence-electron chi connectivity index (χ3n) is 3.59. The Kier molecular flexibility index (Phi) is 2.68. The number of ether oxygens (including phenoxy) is 1. The van der Waals surface area contributed by atoms with Crippen molar-refractivity contribution in [3.8, 4) is 17.2 Å². The van der Waals surface area contributed by atoms with E-state index in [1.807, 2.05) is 0 Å². The van der Waals surface area contributed by atoms with Crippen LogP contribution in [0.2, 0.25) is 0 Å². The molecule has 16 heavy (non-hydrogen) atoms. The minimum atomic E-state index is -0.210. The fourth-order valence-electron chi connectivity index (χ4n) is 2.27. The summed E-state index contributed by atoms with van der Waals surface area (Å²) in [6, 6.07) is 3.35. The van der Waals surface area contributed by atoms with Crippen molar-refractivity contribution in [2.45, 2.75) is 24.7 Å². The number of nitrogens with two attached hydrogens (primary N) is 1. The van der Waals surface area contributed by atoms with E-state index in [9.17, 15) is 10.2 Å². The number of aromatic hydroxyl groups is 2. The van der Waals surface area contributed by atoms with Crippen molar-refractivity contribution in [1.82, 2.24) is 0 Å². The maximum absolute atomic E-state index is 9.62. The fraction of sp³-hybridized carbons (Fsp3) is 0.500. The standard InChI is InChI=1S/C12H17NO3/c1-16-10-6-8(5-9(14)11(10)15)12(7-13)3-2-4-12/h5-6,14-15H,2-4,7,13H2,1H3. The van der Waals surface area contributed by atoms with E-state index in [0.717, 1.165) is 24.8 Å². The van der Waals surface area contributed by atoms with Gasteiger partial charge < -0.3 is 20.7 Å². The second-order valence-electron chi connectivity index (χ2n) is 4.38. The lowest BCUT2D eigenvalue weighted by Gasteiger charge is -2.41. The van der Waals surface area contributed by atoms with Gasteiger partial charge in [0.15, 0.2) is 11.5 Å². The number of phenolic OH excluding ortho intramolecular Hbond substituents is 2. The molecule has 0 amide bonds. The molecule has 0 unspecified atom stereocenters. The summed E-state index contributed by atoms with van der Waals surface area (Å²) >= 11 is 0. The fourth-order valence-corrected chi connectivity index (χ4v) is 2.27. The Hall–Kier alpha value is -1.42. The van der Waals surface area contributed by atoms with Crippen molar-refractivity contribution in [3.63, 3.8) is 0 Å². The third kappa shape index (κ3) is 1.50. The van der Waals surface area contributed by atoms with Gasteiger partial charge in [-0.3, -0.25) is 0 Å². The summed E-state index contributed by atoms with van der Waals surface area (Å²) in [4.78, 5) is 0. The van der Waals surface area contributed by atoms with E-state index < -0.39 is 0 Å². The lowest BCUT2D eigenvalue weighted by atomic mass is 9.64. The van der Waals surface area contributed by atoms with Crippen LogP contribution in [0.1, 0.15) is 24.8 Å². The van der Waals surface area contributed by atoms with Crippen molar-refractivity contribution in [1.29, 1.82) is 0 Å². The first-order chi connectivity index (χ1) is 7.63. The number of rotatable bonds is 3. The Balaban J connectivity index is 2.45. The summed E-state index contributed by atoms with van der Waals surface area (Å²) in [7, 11) is 1.47. The summed E-state index contributed by atoms with van der Waals surface area (Å²) in [6.45, 7) is 0.556. The zero-order valence-corrected chi connectivity index (χ0v) is 9.36. The number of hydrogen-bond donors (Lipinski definition) is 3. The molecule has 1 fully saturated rings. The van der Waals surface area contributed by atoms with Crippen LogP contribution in [-0.2, 0) is 5.41 Å². The van der Waals surface area contributed by atoms with E-state index in [0.29, 0.717) is 12.3 Å². The van der Waals surface area contributed by atoms with Gasteiger partial charge >= 0.3 is 0 Å². The quantitative estimate of drug-likeness (QED) is 0.678. The van der Waals surface area contributed by atoms with Gasteiger partial charge in [0.1, 0.15) is 0 Å². The smallest absolute Gasteiger partial charge is 0.200 e. The van der Waals surface area contributed by atoms with Crippen LogP contribution in [0.3, 0.4) is 0 Å². The first kappa shape index (κ1) is 11.1. The number of hydrogen-bond acceptors (Lipinski definition) is 4. The van der Waals surface area contributed by atoms with Gasteiger partial charge in [0, 0.05) is 12.0 Å². The molecule has 4 nitrogen and oxygen atoms in total. The molecule has 1 saturated carbocycles. The molecule has 0 heterocycles. The molecule has 1 aromatic carbocycles. The highest BCUT2D eigenvalue weighted by Crippen LogP contribution is 2.47. The third-order valence-corrected chi connectivity index (χ3v) is 3.59. The Labute approximate surface area is 94.7 Å². The summed E-state index contributed by atoms with van der Waals surface area (Å²) < 4.78 is 5.02. The summed E-state index contributed by atoms with van der Waals surface area (Å²) in [5.41, 5.74) is 6.70. The van der Waals surface area contributed by atoms with Crippen molar-refractivity contribution >= 4 is 0 Å². The van der Waals surface area contributed by atoms with Crippen LogP contribution >= 0.6 is 0 Å². The molecule has 0 spiro atoms. The lowest BCUT2D eigenvalue weighted by Crippen LogP contribution is -2.41. The van der Waals surface area contributed by atoms with Gasteiger partial charge in [-0.15, -0.1) is 0 Å². The summed E-state index contributed by atoms with van der Waals surface area (Å²) in [6.07, 6.45) is 3.20. The van der Waals surface area contributed by atoms with Crippen LogP contribution < -0.4 is 10.5 Å². The van der Waals surface area contributed by atoms with Crippen LogP contribution in [-0.4, -0.2) is 23.9 Å². The molecule has 0 aromatic heterocycles. The number of benzene rings is 1. The average Bonchev–Trinajstić information content (AvgIpc) is 2.22. The molecule has 0 aliphatic heterocycles. The largest absolute Gasteiger partial charge is 0.504 e. The van der Waals surface area contributed by atoms with Crippen LogP contribution in [0.25, 0.3) is 0 Å². The molecule has 2 rings (SSSR count). The maximum Gasteiger partial charge on any atom is 0.200 e. The molecule has 4 N–H and O–H groups in total. The average molecular weight is 223 g/mol. The van der Waals surface area contributed by atoms with Gasteiger partial charge in [0.2, 0.25) is 5.75 Å². The molecular formula is C12H17NO3. The first-order valence-corrected chi connectivity index (χ1v) is 5.43. The maximum atomic E-state index is 9.62. The van der Waals surface area contributed by atoms with Gasteiger partial charge in [-0.05, 0) is 30.5 Å². The summed E-state index contributed by atoms with van der Waals surface area (Å²) in [5, 5.41) is 19.2. The predicted octanol–water partition coefficient (Wildman–Crippen LogP) is 1.49. The highest BCUT2D eigenvalue weighted by Gasteiger charge is 2.38. The number of phenols is 2. The van der Waals surface area contributed by atoms with Gasteiger partial charge in [-0.25, -0.2) is 0 Å². The Morgan fingerprint density at radius 3 is 2.50 bits per heavy atom. The van der Waals surface area contributed by atoms with E-state index in [1.165, 1.54) is 7.11 Å². The lowest BCUT2D eigenvalue weighted by molar-refractivity contribution is 0.250. The Bertz CT molecular complexity index is 394. The minimum Gasteiger partial charge on any atom is -0.504 e. The second-order valence-corrected chi connectivity index (χ2v) is 4.38. The molecule has 1 aromatic rings. The summed E-state index contributed by atoms with van der Waals surface area (Å²) in [5.74, 6) is -0.0541. The van der Waals surface area contributed by atoms with Gasteiger partial charge in [-0.1, -0.05) is 6.42 Å². The monoisotopic (exact) mass is 223 g/mol. The zero-order valence-electron chi connectivity index (χ0n) is 9.36. The molecule has 88 valence electrons. The molecule has 1 aliphatic rings. The predicted molar refractivity (Wildman–Crippen MR) is 60.9 cm³/mol. The van der Waals surface area contributed by atoms with Crippen LogP contribution in [0.4, 0.5) is 0 Å². The van der Waals surface area contributed by atoms with Crippen molar-refractivity contribution in [2.75, 3.05) is 13.7 Å². The molecule has 0 saturated heterocycles. The molecule has 0 bridgehead atoms. The molecular weight excluding hydrogens is 206 g/mol. The normalized spacial score (nSPS) is 17.9. The minimum absolute atomic E-state index is 0.0432. The molecule has 0 atom stereocenters. The highest BCUT2D eigenvalue weighted by molar-refractivity contribution is 5.54. The van der Waals surface area contributed by atoms with Crippen molar-refractivity contribution in [2.24, 2.45) is 5.73 Å². The zero-order chi connectivity index (χ0) is 11.8. The van der Waals surface area contributed by atoms with E-state index in [4.69, 9.17) is 10.5 Å². The van der Waals surface area contributed by atoms with Gasteiger partial charge in [-0.2, -0.15) is 0 Å². The first-order valence-electron chi connectivity index (χ1n) is 5.43. The van der Waals surface area contributed by atoms with Crippen molar-refractivity contribution < 1.29 is 14.9 Å². The SMILES string of the molecule is COc1cc(C2(CN)CCC2)cc(O)c1O. The van der Waals surface area contributed by atoms with Gasteiger partial charge in [0.05, 0.1) is 7.11 Å². The van der Waals surface area contributed by atoms with Gasteiger partial charge in [0.25, 0.3) is 0 Å². The Morgan fingerprint density at radius 1 is 1.38 bits per heavy atom. The Morgan fingerprint density at radius 2 is 2.06 bits per heavy atom. The van der Waals surface area contributed by atoms with Crippen LogP contribution in [0, 0.1) is 0 Å². The van der Waals surface area contributed by atoms with Crippen molar-refractivity contribution in [3.05, 3.63) is 17.7 Å². The van der Waals surface area contributed by atoms with E-state index in [-0.39, 0.29) is 16.9 Å². The van der Waals surface area contributed by atoms with E-state index >= 15 is 0 Å². The number of methoxy groups -OCH3 is 1. The molecule has 4 heteroatoms. The van der Waals surface area contributed by atoms with Crippen LogP contribution in [0.5, 0.6) is 17.2 Å². The second kappa shape index (κ2) is 3.87. The molecule has 0 radical (unpaired) electrons. The topological polar surface area (TPSA) is 75.7 Å². The molecule has 1 aliphatic carbocycles.